The van der Waals surface area contributed by atoms with Crippen molar-refractivity contribution in [2.75, 3.05) is 11.1 Å². The van der Waals surface area contributed by atoms with E-state index in [9.17, 15) is 13.2 Å². The molecular formula is C28H28Cl2N4O4S. The summed E-state index contributed by atoms with van der Waals surface area (Å²) in [6.45, 7) is 7.59. The molecule has 4 rings (SSSR count). The molecule has 0 saturated carbocycles. The molecule has 8 nitrogen and oxygen atoms in total. The highest BCUT2D eigenvalue weighted by atomic mass is 35.5. The number of amides is 1. The Hall–Kier alpha value is -3.40. The molecule has 0 fully saturated rings. The number of hydrogen-bond donors (Lipinski definition) is 1. The number of hydrogen-bond acceptors (Lipinski definition) is 6. The van der Waals surface area contributed by atoms with Crippen molar-refractivity contribution in [2.24, 2.45) is 5.92 Å². The van der Waals surface area contributed by atoms with E-state index in [4.69, 9.17) is 27.4 Å². The van der Waals surface area contributed by atoms with Gasteiger partial charge in [-0.1, -0.05) is 43.1 Å². The monoisotopic (exact) mass is 586 g/mol. The number of anilines is 1. The molecule has 1 N–H and O–H groups in total. The largest absolute Gasteiger partial charge is 0.382 e. The maximum Gasteiger partial charge on any atom is 0.309 e. The van der Waals surface area contributed by atoms with Crippen molar-refractivity contribution in [3.05, 3.63) is 87.7 Å². The van der Waals surface area contributed by atoms with Gasteiger partial charge in [0.05, 0.1) is 22.2 Å². The topological polar surface area (TPSA) is 103 Å². The molecule has 1 amide bonds. The van der Waals surface area contributed by atoms with Crippen molar-refractivity contribution in [1.82, 2.24) is 14.8 Å². The molecule has 0 aliphatic heterocycles. The maximum absolute atomic E-state index is 13.2. The van der Waals surface area contributed by atoms with Crippen molar-refractivity contribution >= 4 is 45.0 Å². The SMILES string of the molecule is Cc1ccc(NC(=O)c2nn(-c3ccc(Cl)cc3Cl)c(-c3ccc(OS(=O)(=O)CCC(C)C)cc3)c2C)nc1. The molecule has 0 radical (unpaired) electrons. The minimum Gasteiger partial charge on any atom is -0.382 e. The molecule has 0 saturated heterocycles. The van der Waals surface area contributed by atoms with Crippen molar-refractivity contribution < 1.29 is 17.4 Å². The van der Waals surface area contributed by atoms with Crippen LogP contribution in [0, 0.1) is 19.8 Å². The van der Waals surface area contributed by atoms with Gasteiger partial charge < -0.3 is 9.50 Å². The molecule has 2 aromatic carbocycles. The van der Waals surface area contributed by atoms with Crippen LogP contribution >= 0.6 is 23.2 Å². The minimum atomic E-state index is -3.72. The number of aryl methyl sites for hydroxylation is 1. The van der Waals surface area contributed by atoms with Gasteiger partial charge in [-0.3, -0.25) is 4.79 Å². The molecule has 0 atom stereocenters. The van der Waals surface area contributed by atoms with Crippen LogP contribution in [0.4, 0.5) is 5.82 Å². The summed E-state index contributed by atoms with van der Waals surface area (Å²) >= 11 is 12.6. The summed E-state index contributed by atoms with van der Waals surface area (Å²) in [4.78, 5) is 17.5. The fourth-order valence-electron chi connectivity index (χ4n) is 3.83. The smallest absolute Gasteiger partial charge is 0.309 e. The zero-order chi connectivity index (χ0) is 28.3. The molecular weight excluding hydrogens is 559 g/mol. The second kappa shape index (κ2) is 11.8. The number of benzene rings is 2. The van der Waals surface area contributed by atoms with Gasteiger partial charge in [0.1, 0.15) is 11.6 Å². The molecule has 4 aromatic rings. The first-order valence-electron chi connectivity index (χ1n) is 12.2. The van der Waals surface area contributed by atoms with Crippen LogP contribution in [0.5, 0.6) is 5.75 Å². The van der Waals surface area contributed by atoms with Gasteiger partial charge in [0, 0.05) is 22.3 Å². The van der Waals surface area contributed by atoms with Crippen molar-refractivity contribution in [3.63, 3.8) is 0 Å². The summed E-state index contributed by atoms with van der Waals surface area (Å²) in [6, 6.07) is 15.1. The Labute approximate surface area is 238 Å². The van der Waals surface area contributed by atoms with Gasteiger partial charge in [-0.2, -0.15) is 13.5 Å². The zero-order valence-corrected chi connectivity index (χ0v) is 24.2. The Bertz CT molecular complexity index is 1600. The standard InChI is InChI=1S/C28H28Cl2N4O4S/c1-17(2)13-14-39(36,37)38-22-9-6-20(7-10-22)27-19(4)26(28(35)32-25-12-5-18(3)16-31-25)33-34(27)24-11-8-21(29)15-23(24)30/h5-12,15-17H,13-14H2,1-4H3,(H,31,32,35). The summed E-state index contributed by atoms with van der Waals surface area (Å²) in [5, 5.41) is 8.19. The van der Waals surface area contributed by atoms with E-state index in [0.29, 0.717) is 44.8 Å². The van der Waals surface area contributed by atoms with E-state index in [0.717, 1.165) is 5.56 Å². The summed E-state index contributed by atoms with van der Waals surface area (Å²) < 4.78 is 31.6. The quantitative estimate of drug-likeness (QED) is 0.215. The van der Waals surface area contributed by atoms with Crippen molar-refractivity contribution in [3.8, 4) is 22.7 Å². The number of nitrogens with zero attached hydrogens (tertiary/aromatic N) is 3. The molecule has 204 valence electrons. The Morgan fingerprint density at radius 3 is 2.38 bits per heavy atom. The third-order valence-corrected chi connectivity index (χ3v) is 7.64. The maximum atomic E-state index is 13.2. The normalized spacial score (nSPS) is 11.6. The highest BCUT2D eigenvalue weighted by Gasteiger charge is 2.24. The van der Waals surface area contributed by atoms with E-state index >= 15 is 0 Å². The summed E-state index contributed by atoms with van der Waals surface area (Å²) in [7, 11) is -3.72. The number of rotatable bonds is 9. The van der Waals surface area contributed by atoms with Gasteiger partial charge in [-0.05, 0) is 80.3 Å². The number of carbonyl (C=O) groups excluding carboxylic acids is 1. The van der Waals surface area contributed by atoms with E-state index in [1.54, 1.807) is 66.3 Å². The summed E-state index contributed by atoms with van der Waals surface area (Å²) in [6.07, 6.45) is 2.16. The van der Waals surface area contributed by atoms with Crippen molar-refractivity contribution in [2.45, 2.75) is 34.1 Å². The van der Waals surface area contributed by atoms with E-state index < -0.39 is 16.0 Å². The molecule has 0 aliphatic rings. The molecule has 2 heterocycles. The third-order valence-electron chi connectivity index (χ3n) is 5.92. The fraction of sp³-hybridized carbons (Fsp3) is 0.250. The molecule has 39 heavy (non-hydrogen) atoms. The summed E-state index contributed by atoms with van der Waals surface area (Å²) in [5.74, 6) is 0.318. The molecule has 0 unspecified atom stereocenters. The first-order chi connectivity index (χ1) is 18.4. The lowest BCUT2D eigenvalue weighted by Gasteiger charge is -2.12. The van der Waals surface area contributed by atoms with Crippen LogP contribution < -0.4 is 9.50 Å². The van der Waals surface area contributed by atoms with Crippen LogP contribution in [0.3, 0.4) is 0 Å². The van der Waals surface area contributed by atoms with Crippen LogP contribution in [0.25, 0.3) is 16.9 Å². The molecule has 0 aliphatic carbocycles. The number of carbonyl (C=O) groups is 1. The predicted octanol–water partition coefficient (Wildman–Crippen LogP) is 6.86. The number of aromatic nitrogens is 3. The lowest BCUT2D eigenvalue weighted by Crippen LogP contribution is -2.15. The van der Waals surface area contributed by atoms with Crippen molar-refractivity contribution in [1.29, 1.82) is 0 Å². The Morgan fingerprint density at radius 1 is 1.05 bits per heavy atom. The second-order valence-corrected chi connectivity index (χ2v) is 12.1. The molecule has 2 aromatic heterocycles. The van der Waals surface area contributed by atoms with Gasteiger partial charge in [-0.15, -0.1) is 0 Å². The predicted molar refractivity (Wildman–Crippen MR) is 155 cm³/mol. The number of pyridine rings is 1. The average molecular weight is 588 g/mol. The average Bonchev–Trinajstić information content (AvgIpc) is 3.21. The van der Waals surface area contributed by atoms with Gasteiger partial charge >= 0.3 is 10.1 Å². The zero-order valence-electron chi connectivity index (χ0n) is 21.9. The van der Waals surface area contributed by atoms with E-state index in [1.807, 2.05) is 26.8 Å². The van der Waals surface area contributed by atoms with E-state index in [1.165, 1.54) is 0 Å². The molecule has 11 heteroatoms. The fourth-order valence-corrected chi connectivity index (χ4v) is 5.57. The van der Waals surface area contributed by atoms with Crippen LogP contribution in [0.1, 0.15) is 41.9 Å². The van der Waals surface area contributed by atoms with Crippen LogP contribution in [0.15, 0.2) is 60.8 Å². The highest BCUT2D eigenvalue weighted by molar-refractivity contribution is 7.87. The minimum absolute atomic E-state index is 0.0678. The van der Waals surface area contributed by atoms with Crippen LogP contribution in [-0.2, 0) is 10.1 Å². The lowest BCUT2D eigenvalue weighted by molar-refractivity contribution is 0.102. The Morgan fingerprint density at radius 2 is 1.77 bits per heavy atom. The van der Waals surface area contributed by atoms with Gasteiger partial charge in [-0.25, -0.2) is 9.67 Å². The number of nitrogens with one attached hydrogen (secondary N) is 1. The van der Waals surface area contributed by atoms with Gasteiger partial charge in [0.25, 0.3) is 5.91 Å². The molecule has 0 bridgehead atoms. The first kappa shape index (κ1) is 28.6. The van der Waals surface area contributed by atoms with E-state index in [2.05, 4.69) is 15.4 Å². The van der Waals surface area contributed by atoms with Gasteiger partial charge in [0.2, 0.25) is 0 Å². The lowest BCUT2D eigenvalue weighted by atomic mass is 10.1. The Balaban J connectivity index is 1.73. The highest BCUT2D eigenvalue weighted by Crippen LogP contribution is 2.34. The van der Waals surface area contributed by atoms with E-state index in [-0.39, 0.29) is 23.1 Å². The second-order valence-electron chi connectivity index (χ2n) is 9.56. The Kier molecular flexibility index (Phi) is 8.64. The molecule has 0 spiro atoms. The third kappa shape index (κ3) is 6.98. The van der Waals surface area contributed by atoms with Crippen LogP contribution in [-0.4, -0.2) is 34.8 Å². The van der Waals surface area contributed by atoms with Crippen LogP contribution in [0.2, 0.25) is 10.0 Å². The number of halogens is 2. The summed E-state index contributed by atoms with van der Waals surface area (Å²) in [5.41, 5.74) is 3.51. The first-order valence-corrected chi connectivity index (χ1v) is 14.6. The van der Waals surface area contributed by atoms with Gasteiger partial charge in [0.15, 0.2) is 5.69 Å².